The Morgan fingerprint density at radius 1 is 0.689 bits per heavy atom. The van der Waals surface area contributed by atoms with Gasteiger partial charge >= 0.3 is 11.9 Å². The van der Waals surface area contributed by atoms with E-state index in [1.807, 2.05) is 73.7 Å². The number of rotatable bonds is 12. The minimum absolute atomic E-state index is 0.0155. The van der Waals surface area contributed by atoms with Crippen molar-refractivity contribution in [3.63, 3.8) is 0 Å². The normalized spacial score (nSPS) is 15.6. The molecule has 0 atom stereocenters. The summed E-state index contributed by atoms with van der Waals surface area (Å²) in [5.41, 5.74) is 4.32. The molecule has 4 aromatic rings. The van der Waals surface area contributed by atoms with Gasteiger partial charge in [0.05, 0.1) is 34.6 Å². The summed E-state index contributed by atoms with van der Waals surface area (Å²) in [6.45, 7) is 1.59. The van der Waals surface area contributed by atoms with E-state index in [2.05, 4.69) is 5.10 Å². The van der Waals surface area contributed by atoms with Crippen LogP contribution in [-0.2, 0) is 25.5 Å². The summed E-state index contributed by atoms with van der Waals surface area (Å²) in [4.78, 5) is 24.8. The molecule has 0 unspecified atom stereocenters. The van der Waals surface area contributed by atoms with Crippen molar-refractivity contribution in [3.8, 4) is 23.1 Å². The fourth-order valence-corrected chi connectivity index (χ4v) is 6.11. The maximum atomic E-state index is 12.5. The summed E-state index contributed by atoms with van der Waals surface area (Å²) in [6.07, 6.45) is 9.57. The van der Waals surface area contributed by atoms with Gasteiger partial charge in [-0.1, -0.05) is 62.4 Å². The minimum Gasteiger partial charge on any atom is -0.440 e. The lowest BCUT2D eigenvalue weighted by molar-refractivity contribution is -0.157. The molecule has 2 saturated carbocycles. The molecule has 236 valence electrons. The predicted octanol–water partition coefficient (Wildman–Crippen LogP) is 6.49. The molecule has 10 nitrogen and oxygen atoms in total. The molecular formula is C35H40N4O6. The van der Waals surface area contributed by atoms with E-state index in [1.54, 1.807) is 9.36 Å². The van der Waals surface area contributed by atoms with Gasteiger partial charge in [-0.05, 0) is 62.4 Å². The van der Waals surface area contributed by atoms with Crippen molar-refractivity contribution in [1.29, 1.82) is 0 Å². The molecule has 0 spiro atoms. The molecule has 0 aliphatic heterocycles. The van der Waals surface area contributed by atoms with Crippen LogP contribution in [0.5, 0.6) is 11.8 Å². The second-order valence-corrected chi connectivity index (χ2v) is 11.9. The fourth-order valence-electron chi connectivity index (χ4n) is 6.11. The monoisotopic (exact) mass is 612 g/mol. The summed E-state index contributed by atoms with van der Waals surface area (Å²) in [6, 6.07) is 21.4. The van der Waals surface area contributed by atoms with Gasteiger partial charge in [0.2, 0.25) is 25.3 Å². The van der Waals surface area contributed by atoms with Gasteiger partial charge in [-0.25, -0.2) is 9.36 Å². The number of benzene rings is 2. The van der Waals surface area contributed by atoms with E-state index < -0.39 is 0 Å². The summed E-state index contributed by atoms with van der Waals surface area (Å²) in [7, 11) is 0. The number of aromatic nitrogens is 4. The molecule has 2 aromatic heterocycles. The van der Waals surface area contributed by atoms with E-state index in [0.717, 1.165) is 79.7 Å². The zero-order valence-corrected chi connectivity index (χ0v) is 25.7. The van der Waals surface area contributed by atoms with Crippen LogP contribution in [0, 0.1) is 18.8 Å². The third-order valence-electron chi connectivity index (χ3n) is 8.54. The zero-order valence-electron chi connectivity index (χ0n) is 25.7. The number of hydrogen-bond donors (Lipinski definition) is 0. The summed E-state index contributed by atoms with van der Waals surface area (Å²) >= 11 is 0. The third kappa shape index (κ3) is 7.74. The quantitative estimate of drug-likeness (QED) is 0.132. The van der Waals surface area contributed by atoms with E-state index in [1.165, 1.54) is 6.42 Å². The number of nitrogens with zero attached hydrogens (tertiary/aromatic N) is 4. The highest BCUT2D eigenvalue weighted by Crippen LogP contribution is 2.27. The predicted molar refractivity (Wildman–Crippen MR) is 166 cm³/mol. The Hall–Kier alpha value is -4.60. The molecule has 2 aromatic carbocycles. The Kier molecular flexibility index (Phi) is 9.77. The first-order valence-electron chi connectivity index (χ1n) is 15.9. The SMILES string of the molecule is Cc1cc(OCOC(=O)C2CCCC2)n(-c2ccc(Cc3cc(OCOC(=O)C4CCCCC4)n(-c4ccccc4)n3)cc2)n1. The molecule has 0 saturated heterocycles. The van der Waals surface area contributed by atoms with Crippen LogP contribution >= 0.6 is 0 Å². The molecule has 2 aliphatic rings. The van der Waals surface area contributed by atoms with Crippen molar-refractivity contribution < 1.29 is 28.5 Å². The van der Waals surface area contributed by atoms with Crippen molar-refractivity contribution in [2.45, 2.75) is 71.1 Å². The van der Waals surface area contributed by atoms with E-state index >= 15 is 0 Å². The molecule has 0 amide bonds. The van der Waals surface area contributed by atoms with Gasteiger partial charge in [-0.2, -0.15) is 10.2 Å². The van der Waals surface area contributed by atoms with Crippen LogP contribution in [0.2, 0.25) is 0 Å². The number of carbonyl (C=O) groups excluding carboxylic acids is 2. The standard InChI is InChI=1S/C35H40N4O6/c1-25-20-32(42-23-44-35(41)28-12-8-9-13-28)38(36-25)31-18-16-26(17-19-31)21-29-22-33(39(37-29)30-14-6-3-7-15-30)43-24-45-34(40)27-10-4-2-5-11-27/h3,6-7,14-20,22,27-28H,2,4-5,8-13,21,23-24H2,1H3. The van der Waals surface area contributed by atoms with Crippen LogP contribution < -0.4 is 9.47 Å². The van der Waals surface area contributed by atoms with Gasteiger partial charge in [-0.3, -0.25) is 9.59 Å². The Bertz CT molecular complexity index is 1570. The lowest BCUT2D eigenvalue weighted by Crippen LogP contribution is -2.22. The first-order chi connectivity index (χ1) is 22.0. The summed E-state index contributed by atoms with van der Waals surface area (Å²) < 4.78 is 26.0. The lowest BCUT2D eigenvalue weighted by atomic mass is 9.89. The van der Waals surface area contributed by atoms with Crippen molar-refractivity contribution >= 4 is 11.9 Å². The first kappa shape index (κ1) is 30.4. The van der Waals surface area contributed by atoms with Crippen LogP contribution in [0.3, 0.4) is 0 Å². The molecule has 2 aliphatic carbocycles. The highest BCUT2D eigenvalue weighted by molar-refractivity contribution is 5.72. The van der Waals surface area contributed by atoms with Gasteiger partial charge in [0.15, 0.2) is 0 Å². The molecule has 0 N–H and O–H groups in total. The van der Waals surface area contributed by atoms with Crippen molar-refractivity contribution in [2.75, 3.05) is 13.6 Å². The van der Waals surface area contributed by atoms with Gasteiger partial charge < -0.3 is 18.9 Å². The van der Waals surface area contributed by atoms with Crippen LogP contribution in [0.25, 0.3) is 11.4 Å². The van der Waals surface area contributed by atoms with Crippen molar-refractivity contribution in [3.05, 3.63) is 83.7 Å². The highest BCUT2D eigenvalue weighted by atomic mass is 16.7. The van der Waals surface area contributed by atoms with Gasteiger partial charge in [0.25, 0.3) is 0 Å². The van der Waals surface area contributed by atoms with Crippen molar-refractivity contribution in [2.24, 2.45) is 11.8 Å². The maximum absolute atomic E-state index is 12.5. The van der Waals surface area contributed by atoms with Crippen LogP contribution in [0.1, 0.15) is 74.7 Å². The third-order valence-corrected chi connectivity index (χ3v) is 8.54. The van der Waals surface area contributed by atoms with Gasteiger partial charge in [0.1, 0.15) is 0 Å². The maximum Gasteiger partial charge on any atom is 0.311 e. The topological polar surface area (TPSA) is 107 Å². The average Bonchev–Trinajstić information content (AvgIpc) is 3.83. The second kappa shape index (κ2) is 14.5. The molecule has 0 bridgehead atoms. The number of para-hydroxylation sites is 1. The van der Waals surface area contributed by atoms with Crippen molar-refractivity contribution in [1.82, 2.24) is 19.6 Å². The first-order valence-corrected chi connectivity index (χ1v) is 15.9. The highest BCUT2D eigenvalue weighted by Gasteiger charge is 2.25. The molecule has 45 heavy (non-hydrogen) atoms. The molecule has 0 radical (unpaired) electrons. The Morgan fingerprint density at radius 3 is 1.84 bits per heavy atom. The Morgan fingerprint density at radius 2 is 1.22 bits per heavy atom. The number of esters is 2. The number of carbonyl (C=O) groups is 2. The smallest absolute Gasteiger partial charge is 0.311 e. The number of aryl methyl sites for hydroxylation is 1. The van der Waals surface area contributed by atoms with E-state index in [9.17, 15) is 9.59 Å². The molecular weight excluding hydrogens is 572 g/mol. The lowest BCUT2D eigenvalue weighted by Gasteiger charge is -2.19. The fraction of sp³-hybridized carbons (Fsp3) is 0.429. The number of ether oxygens (including phenoxy) is 4. The molecule has 2 fully saturated rings. The van der Waals surface area contributed by atoms with E-state index in [-0.39, 0.29) is 37.4 Å². The Balaban J connectivity index is 1.10. The van der Waals surface area contributed by atoms with Gasteiger partial charge in [-0.15, -0.1) is 0 Å². The summed E-state index contributed by atoms with van der Waals surface area (Å²) in [5.74, 6) is 0.583. The zero-order chi connectivity index (χ0) is 31.0. The summed E-state index contributed by atoms with van der Waals surface area (Å²) in [5, 5.41) is 9.38. The average molecular weight is 613 g/mol. The van der Waals surface area contributed by atoms with Crippen LogP contribution in [0.4, 0.5) is 0 Å². The van der Waals surface area contributed by atoms with Crippen LogP contribution in [-0.4, -0.2) is 45.1 Å². The van der Waals surface area contributed by atoms with Crippen LogP contribution in [0.15, 0.2) is 66.7 Å². The Labute approximate surface area is 263 Å². The minimum atomic E-state index is -0.191. The van der Waals surface area contributed by atoms with Gasteiger partial charge in [0, 0.05) is 18.6 Å². The molecule has 10 heteroatoms. The number of hydrogen-bond acceptors (Lipinski definition) is 8. The largest absolute Gasteiger partial charge is 0.440 e. The molecule has 2 heterocycles. The second-order valence-electron chi connectivity index (χ2n) is 11.9. The molecule has 6 rings (SSSR count). The van der Waals surface area contributed by atoms with E-state index in [4.69, 9.17) is 24.0 Å². The van der Waals surface area contributed by atoms with E-state index in [0.29, 0.717) is 18.2 Å².